The minimum absolute atomic E-state index is 0.185. The smallest absolute Gasteiger partial charge is 0.312 e. The highest BCUT2D eigenvalue weighted by Gasteiger charge is 2.06. The van der Waals surface area contributed by atoms with Gasteiger partial charge in [-0.15, -0.1) is 0 Å². The molecule has 0 saturated heterocycles. The number of methoxy groups -OCH3 is 1. The molecule has 0 radical (unpaired) electrons. The van der Waals surface area contributed by atoms with Crippen molar-refractivity contribution in [3.63, 3.8) is 0 Å². The van der Waals surface area contributed by atoms with Crippen molar-refractivity contribution in [3.05, 3.63) is 59.3 Å². The molecule has 0 aliphatic heterocycles. The van der Waals surface area contributed by atoms with Crippen LogP contribution in [0.5, 0.6) is 5.88 Å². The van der Waals surface area contributed by atoms with E-state index in [1.54, 1.807) is 43.6 Å². The Labute approximate surface area is 133 Å². The number of rotatable bonds is 6. The number of pyridine rings is 1. The molecule has 1 aromatic heterocycles. The van der Waals surface area contributed by atoms with Gasteiger partial charge in [-0.3, -0.25) is 4.79 Å². The Morgan fingerprint density at radius 1 is 1.04 bits per heavy atom. The summed E-state index contributed by atoms with van der Waals surface area (Å²) in [6.45, 7) is 0.704. The monoisotopic (exact) mass is 314 g/mol. The first-order chi connectivity index (χ1) is 11.1. The second-order valence-corrected chi connectivity index (χ2v) is 4.81. The zero-order chi connectivity index (χ0) is 16.7. The van der Waals surface area contributed by atoms with Gasteiger partial charge in [0.15, 0.2) is 0 Å². The first kappa shape index (κ1) is 16.3. The number of carbonyl (C=O) groups is 2. The summed E-state index contributed by atoms with van der Waals surface area (Å²) >= 11 is 0. The molecule has 0 atom stereocenters. The van der Waals surface area contributed by atoms with E-state index in [2.05, 4.69) is 15.6 Å². The molecular formula is C16H18N4O3. The maximum Gasteiger partial charge on any atom is 0.312 e. The summed E-state index contributed by atoms with van der Waals surface area (Å²) < 4.78 is 4.98. The summed E-state index contributed by atoms with van der Waals surface area (Å²) in [6, 6.07) is 9.91. The van der Waals surface area contributed by atoms with E-state index < -0.39 is 6.03 Å². The Morgan fingerprint density at radius 2 is 1.70 bits per heavy atom. The summed E-state index contributed by atoms with van der Waals surface area (Å²) in [5.41, 5.74) is 7.28. The minimum Gasteiger partial charge on any atom is -0.481 e. The van der Waals surface area contributed by atoms with Crippen LogP contribution in [0.25, 0.3) is 0 Å². The molecule has 0 aliphatic rings. The number of nitrogens with two attached hydrogens (primary N) is 1. The maximum absolute atomic E-state index is 12.1. The van der Waals surface area contributed by atoms with Gasteiger partial charge in [0.05, 0.1) is 7.11 Å². The number of ether oxygens (including phenoxy) is 1. The van der Waals surface area contributed by atoms with Crippen LogP contribution in [0.4, 0.5) is 4.79 Å². The average Bonchev–Trinajstić information content (AvgIpc) is 2.58. The summed E-state index contributed by atoms with van der Waals surface area (Å²) in [7, 11) is 1.55. The summed E-state index contributed by atoms with van der Waals surface area (Å²) in [4.78, 5) is 26.8. The van der Waals surface area contributed by atoms with Gasteiger partial charge in [-0.05, 0) is 23.3 Å². The van der Waals surface area contributed by atoms with Crippen LogP contribution < -0.4 is 21.1 Å². The molecule has 0 fully saturated rings. The van der Waals surface area contributed by atoms with Crippen molar-refractivity contribution < 1.29 is 14.3 Å². The number of nitrogens with one attached hydrogen (secondary N) is 2. The van der Waals surface area contributed by atoms with Crippen molar-refractivity contribution in [3.8, 4) is 5.88 Å². The van der Waals surface area contributed by atoms with Crippen LogP contribution in [0, 0.1) is 0 Å². The van der Waals surface area contributed by atoms with E-state index in [4.69, 9.17) is 10.5 Å². The van der Waals surface area contributed by atoms with Crippen molar-refractivity contribution in [1.82, 2.24) is 15.6 Å². The van der Waals surface area contributed by atoms with E-state index in [0.717, 1.165) is 11.1 Å². The first-order valence-electron chi connectivity index (χ1n) is 6.98. The Bertz CT molecular complexity index is 669. The number of hydrogen-bond acceptors (Lipinski definition) is 4. The fraction of sp³-hybridized carbons (Fsp3) is 0.188. The predicted molar refractivity (Wildman–Crippen MR) is 84.8 cm³/mol. The molecule has 2 rings (SSSR count). The van der Waals surface area contributed by atoms with E-state index in [-0.39, 0.29) is 5.91 Å². The molecule has 2 aromatic rings. The van der Waals surface area contributed by atoms with Crippen LogP contribution in [0.1, 0.15) is 21.5 Å². The van der Waals surface area contributed by atoms with Gasteiger partial charge in [0.25, 0.3) is 5.91 Å². The lowest BCUT2D eigenvalue weighted by Crippen LogP contribution is -2.28. The molecule has 0 unspecified atom stereocenters. The number of hydrogen-bond donors (Lipinski definition) is 3. The lowest BCUT2D eigenvalue weighted by Gasteiger charge is -2.07. The highest BCUT2D eigenvalue weighted by Crippen LogP contribution is 2.08. The Balaban J connectivity index is 1.88. The standard InChI is InChI=1S/C16H18N4O3/c1-23-14-7-4-12(9-18-14)10-19-15(21)13-5-2-11(3-6-13)8-20-16(17)22/h2-7,9H,8,10H2,1H3,(H,19,21)(H3,17,20,22). The van der Waals surface area contributed by atoms with Crippen LogP contribution in [0.15, 0.2) is 42.6 Å². The number of aromatic nitrogens is 1. The van der Waals surface area contributed by atoms with Crippen LogP contribution in [-0.4, -0.2) is 24.0 Å². The molecule has 23 heavy (non-hydrogen) atoms. The van der Waals surface area contributed by atoms with E-state index in [9.17, 15) is 9.59 Å². The van der Waals surface area contributed by atoms with E-state index in [1.807, 2.05) is 6.07 Å². The van der Waals surface area contributed by atoms with Crippen LogP contribution in [-0.2, 0) is 13.1 Å². The van der Waals surface area contributed by atoms with Gasteiger partial charge in [-0.1, -0.05) is 18.2 Å². The van der Waals surface area contributed by atoms with E-state index >= 15 is 0 Å². The van der Waals surface area contributed by atoms with Crippen molar-refractivity contribution in [2.75, 3.05) is 7.11 Å². The topological polar surface area (TPSA) is 106 Å². The number of amides is 3. The fourth-order valence-corrected chi connectivity index (χ4v) is 1.88. The average molecular weight is 314 g/mol. The predicted octanol–water partition coefficient (Wildman–Crippen LogP) is 1.19. The lowest BCUT2D eigenvalue weighted by molar-refractivity contribution is 0.0951. The number of benzene rings is 1. The van der Waals surface area contributed by atoms with Crippen LogP contribution in [0.3, 0.4) is 0 Å². The molecule has 120 valence electrons. The van der Waals surface area contributed by atoms with Crippen LogP contribution >= 0.6 is 0 Å². The quantitative estimate of drug-likeness (QED) is 0.744. The van der Waals surface area contributed by atoms with Crippen molar-refractivity contribution in [1.29, 1.82) is 0 Å². The third kappa shape index (κ3) is 4.99. The van der Waals surface area contributed by atoms with Crippen LogP contribution in [0.2, 0.25) is 0 Å². The molecule has 4 N–H and O–H groups in total. The first-order valence-corrected chi connectivity index (χ1v) is 6.98. The highest BCUT2D eigenvalue weighted by atomic mass is 16.5. The molecule has 0 aliphatic carbocycles. The largest absolute Gasteiger partial charge is 0.481 e. The summed E-state index contributed by atoms with van der Waals surface area (Å²) in [5, 5.41) is 5.30. The summed E-state index contributed by atoms with van der Waals surface area (Å²) in [6.07, 6.45) is 1.65. The number of nitrogens with zero attached hydrogens (tertiary/aromatic N) is 1. The third-order valence-electron chi connectivity index (χ3n) is 3.14. The Hall–Kier alpha value is -3.09. The summed E-state index contributed by atoms with van der Waals surface area (Å²) in [5.74, 6) is 0.343. The van der Waals surface area contributed by atoms with Gasteiger partial charge in [0.2, 0.25) is 5.88 Å². The van der Waals surface area contributed by atoms with Gasteiger partial charge >= 0.3 is 6.03 Å². The van der Waals surface area contributed by atoms with Crippen molar-refractivity contribution in [2.24, 2.45) is 5.73 Å². The van der Waals surface area contributed by atoms with Crippen molar-refractivity contribution >= 4 is 11.9 Å². The van der Waals surface area contributed by atoms with Gasteiger partial charge in [-0.2, -0.15) is 0 Å². The Kier molecular flexibility index (Phi) is 5.51. The molecule has 0 spiro atoms. The second kappa shape index (κ2) is 7.79. The molecule has 3 amide bonds. The SMILES string of the molecule is COc1ccc(CNC(=O)c2ccc(CNC(N)=O)cc2)cn1. The minimum atomic E-state index is -0.583. The van der Waals surface area contributed by atoms with E-state index in [1.165, 1.54) is 0 Å². The molecule has 7 heteroatoms. The second-order valence-electron chi connectivity index (χ2n) is 4.81. The van der Waals surface area contributed by atoms with Gasteiger partial charge in [0.1, 0.15) is 0 Å². The normalized spacial score (nSPS) is 9.96. The number of urea groups is 1. The molecule has 0 saturated carbocycles. The van der Waals surface area contributed by atoms with E-state index in [0.29, 0.717) is 24.5 Å². The van der Waals surface area contributed by atoms with Gasteiger partial charge in [0, 0.05) is 30.9 Å². The molecular weight excluding hydrogens is 296 g/mol. The fourth-order valence-electron chi connectivity index (χ4n) is 1.88. The zero-order valence-electron chi connectivity index (χ0n) is 12.7. The van der Waals surface area contributed by atoms with Gasteiger partial charge in [-0.25, -0.2) is 9.78 Å². The van der Waals surface area contributed by atoms with Crippen molar-refractivity contribution in [2.45, 2.75) is 13.1 Å². The lowest BCUT2D eigenvalue weighted by atomic mass is 10.1. The number of carbonyl (C=O) groups excluding carboxylic acids is 2. The molecule has 1 aromatic carbocycles. The highest BCUT2D eigenvalue weighted by molar-refractivity contribution is 5.94. The zero-order valence-corrected chi connectivity index (χ0v) is 12.7. The number of primary amides is 1. The molecule has 1 heterocycles. The van der Waals surface area contributed by atoms with Gasteiger partial charge < -0.3 is 21.1 Å². The third-order valence-corrected chi connectivity index (χ3v) is 3.14. The Morgan fingerprint density at radius 3 is 2.26 bits per heavy atom. The maximum atomic E-state index is 12.1. The molecule has 7 nitrogen and oxygen atoms in total. The molecule has 0 bridgehead atoms.